The zero-order chi connectivity index (χ0) is 19.4. The van der Waals surface area contributed by atoms with E-state index >= 15 is 0 Å². The second kappa shape index (κ2) is 7.35. The van der Waals surface area contributed by atoms with Gasteiger partial charge in [-0.2, -0.15) is 5.10 Å². The number of phenolic OH excluding ortho intramolecular Hbond substituents is 1. The smallest absolute Gasteiger partial charge is 0.269 e. The van der Waals surface area contributed by atoms with Gasteiger partial charge in [0, 0.05) is 24.0 Å². The van der Waals surface area contributed by atoms with Crippen LogP contribution >= 0.6 is 0 Å². The van der Waals surface area contributed by atoms with Crippen LogP contribution in [0.2, 0.25) is 0 Å². The zero-order valence-corrected chi connectivity index (χ0v) is 13.8. The number of benzene rings is 2. The fraction of sp³-hybridized carbons (Fsp3) is 0. The third kappa shape index (κ3) is 4.07. The van der Waals surface area contributed by atoms with Gasteiger partial charge in [0.2, 0.25) is 0 Å². The number of hydrogen-bond donors (Lipinski definition) is 4. The van der Waals surface area contributed by atoms with E-state index in [1.54, 1.807) is 12.1 Å². The Morgan fingerprint density at radius 1 is 1.22 bits per heavy atom. The SMILES string of the molecule is NC(=O)c1c(Nc2ccc([N+](=O)[O-])cc2)n[nH]c1/N=C/c1ccc(O)cc1. The van der Waals surface area contributed by atoms with Crippen molar-refractivity contribution in [2.24, 2.45) is 10.7 Å². The molecule has 0 aliphatic rings. The van der Waals surface area contributed by atoms with Crippen molar-refractivity contribution in [2.45, 2.75) is 0 Å². The van der Waals surface area contributed by atoms with Crippen LogP contribution in [-0.4, -0.2) is 32.3 Å². The van der Waals surface area contributed by atoms with Gasteiger partial charge in [0.1, 0.15) is 11.3 Å². The van der Waals surface area contributed by atoms with Gasteiger partial charge in [-0.15, -0.1) is 0 Å². The summed E-state index contributed by atoms with van der Waals surface area (Å²) in [5.74, 6) is -0.318. The first-order chi connectivity index (χ1) is 12.9. The molecule has 5 N–H and O–H groups in total. The van der Waals surface area contributed by atoms with Crippen LogP contribution in [0.3, 0.4) is 0 Å². The molecule has 10 nitrogen and oxygen atoms in total. The lowest BCUT2D eigenvalue weighted by Crippen LogP contribution is -2.12. The first-order valence-electron chi connectivity index (χ1n) is 7.67. The standard InChI is InChI=1S/C17H14N6O4/c18-15(25)14-16(19-9-10-1-7-13(24)8-2-10)21-22-17(14)20-11-3-5-12(6-4-11)23(26)27/h1-9,24H,(H2,18,25)(H2,20,21,22)/b19-9+. The fourth-order valence-electron chi connectivity index (χ4n) is 2.25. The molecule has 27 heavy (non-hydrogen) atoms. The summed E-state index contributed by atoms with van der Waals surface area (Å²) < 4.78 is 0. The molecule has 0 radical (unpaired) electrons. The summed E-state index contributed by atoms with van der Waals surface area (Å²) in [5, 5.41) is 29.5. The van der Waals surface area contributed by atoms with Crippen LogP contribution in [0.4, 0.5) is 23.0 Å². The maximum atomic E-state index is 11.8. The largest absolute Gasteiger partial charge is 0.508 e. The summed E-state index contributed by atoms with van der Waals surface area (Å²) in [5.41, 5.74) is 6.60. The predicted molar refractivity (Wildman–Crippen MR) is 98.8 cm³/mol. The number of primary amides is 1. The van der Waals surface area contributed by atoms with E-state index in [1.165, 1.54) is 42.6 Å². The summed E-state index contributed by atoms with van der Waals surface area (Å²) >= 11 is 0. The Morgan fingerprint density at radius 3 is 2.48 bits per heavy atom. The number of nitrogens with zero attached hydrogens (tertiary/aromatic N) is 3. The number of H-pyrrole nitrogens is 1. The van der Waals surface area contributed by atoms with Gasteiger partial charge in [-0.05, 0) is 42.0 Å². The Balaban J connectivity index is 1.85. The van der Waals surface area contributed by atoms with Gasteiger partial charge >= 0.3 is 0 Å². The van der Waals surface area contributed by atoms with Gasteiger partial charge in [-0.1, -0.05) is 0 Å². The molecular weight excluding hydrogens is 352 g/mol. The van der Waals surface area contributed by atoms with Crippen molar-refractivity contribution in [1.29, 1.82) is 0 Å². The topological polar surface area (TPSA) is 160 Å². The lowest BCUT2D eigenvalue weighted by atomic mass is 10.2. The maximum Gasteiger partial charge on any atom is 0.269 e. The minimum absolute atomic E-state index is 0.0448. The highest BCUT2D eigenvalue weighted by molar-refractivity contribution is 6.03. The van der Waals surface area contributed by atoms with Gasteiger partial charge in [0.15, 0.2) is 11.6 Å². The number of carbonyl (C=O) groups excluding carboxylic acids is 1. The quantitative estimate of drug-likeness (QED) is 0.298. The molecule has 0 unspecified atom stereocenters. The van der Waals surface area contributed by atoms with Gasteiger partial charge in [0.05, 0.1) is 4.92 Å². The number of aliphatic imine (C=N–C) groups is 1. The zero-order valence-electron chi connectivity index (χ0n) is 13.8. The number of non-ortho nitro benzene ring substituents is 1. The molecule has 1 aromatic heterocycles. The molecule has 10 heteroatoms. The average Bonchev–Trinajstić information content (AvgIpc) is 3.04. The maximum absolute atomic E-state index is 11.8. The van der Waals surface area contributed by atoms with Crippen molar-refractivity contribution in [3.05, 3.63) is 69.8 Å². The molecule has 0 spiro atoms. The van der Waals surface area contributed by atoms with E-state index in [-0.39, 0.29) is 28.6 Å². The minimum Gasteiger partial charge on any atom is -0.508 e. The van der Waals surface area contributed by atoms with E-state index in [0.717, 1.165) is 0 Å². The molecule has 1 heterocycles. The molecule has 3 aromatic rings. The highest BCUT2D eigenvalue weighted by atomic mass is 16.6. The second-order valence-corrected chi connectivity index (χ2v) is 5.44. The highest BCUT2D eigenvalue weighted by Gasteiger charge is 2.18. The molecule has 136 valence electrons. The van der Waals surface area contributed by atoms with Crippen LogP contribution in [-0.2, 0) is 0 Å². The fourth-order valence-corrected chi connectivity index (χ4v) is 2.25. The third-order valence-corrected chi connectivity index (χ3v) is 3.57. The average molecular weight is 366 g/mol. The molecule has 3 rings (SSSR count). The van der Waals surface area contributed by atoms with E-state index in [1.807, 2.05) is 0 Å². The van der Waals surface area contributed by atoms with E-state index in [4.69, 9.17) is 5.73 Å². The van der Waals surface area contributed by atoms with Crippen LogP contribution in [0.1, 0.15) is 15.9 Å². The molecule has 0 atom stereocenters. The number of nitro groups is 1. The van der Waals surface area contributed by atoms with E-state index in [9.17, 15) is 20.0 Å². The summed E-state index contributed by atoms with van der Waals surface area (Å²) in [6.07, 6.45) is 1.48. The molecule has 0 saturated heterocycles. The van der Waals surface area contributed by atoms with Crippen LogP contribution in [0, 0.1) is 10.1 Å². The molecular formula is C17H14N6O4. The molecule has 0 fully saturated rings. The Hall–Kier alpha value is -4.21. The molecule has 0 aliphatic carbocycles. The number of amides is 1. The molecule has 0 bridgehead atoms. The lowest BCUT2D eigenvalue weighted by Gasteiger charge is -2.04. The summed E-state index contributed by atoms with van der Waals surface area (Å²) in [7, 11) is 0. The highest BCUT2D eigenvalue weighted by Crippen LogP contribution is 2.27. The number of nitrogens with one attached hydrogen (secondary N) is 2. The van der Waals surface area contributed by atoms with Gasteiger partial charge in [0.25, 0.3) is 11.6 Å². The number of aromatic amines is 1. The normalized spacial score (nSPS) is 10.8. The number of anilines is 2. The Kier molecular flexibility index (Phi) is 4.79. The van der Waals surface area contributed by atoms with Crippen molar-refractivity contribution >= 4 is 35.1 Å². The van der Waals surface area contributed by atoms with Crippen LogP contribution in [0.5, 0.6) is 5.75 Å². The van der Waals surface area contributed by atoms with Crippen LogP contribution in [0.15, 0.2) is 53.5 Å². The first kappa shape index (κ1) is 17.6. The van der Waals surface area contributed by atoms with E-state index in [2.05, 4.69) is 20.5 Å². The number of carbonyl (C=O) groups is 1. The molecule has 0 saturated carbocycles. The van der Waals surface area contributed by atoms with Crippen molar-refractivity contribution in [1.82, 2.24) is 10.2 Å². The minimum atomic E-state index is -0.744. The number of aromatic hydroxyl groups is 1. The third-order valence-electron chi connectivity index (χ3n) is 3.57. The Bertz CT molecular complexity index is 1010. The van der Waals surface area contributed by atoms with Crippen molar-refractivity contribution in [2.75, 3.05) is 5.32 Å². The summed E-state index contributed by atoms with van der Waals surface area (Å²) in [4.78, 5) is 26.2. The van der Waals surface area contributed by atoms with Gasteiger partial charge < -0.3 is 16.2 Å². The van der Waals surface area contributed by atoms with Crippen LogP contribution < -0.4 is 11.1 Å². The van der Waals surface area contributed by atoms with Crippen molar-refractivity contribution in [3.8, 4) is 5.75 Å². The number of nitro benzene ring substituents is 1. The van der Waals surface area contributed by atoms with Gasteiger partial charge in [-0.25, -0.2) is 4.99 Å². The Labute approximate surface area is 152 Å². The summed E-state index contributed by atoms with van der Waals surface area (Å²) in [6, 6.07) is 11.9. The van der Waals surface area contributed by atoms with Crippen LogP contribution in [0.25, 0.3) is 0 Å². The van der Waals surface area contributed by atoms with E-state index in [0.29, 0.717) is 11.3 Å². The predicted octanol–water partition coefficient (Wildman–Crippen LogP) is 2.62. The monoisotopic (exact) mass is 366 g/mol. The number of hydrogen-bond acceptors (Lipinski definition) is 7. The number of aromatic nitrogens is 2. The Morgan fingerprint density at radius 2 is 1.89 bits per heavy atom. The summed E-state index contributed by atoms with van der Waals surface area (Å²) in [6.45, 7) is 0. The molecule has 0 aliphatic heterocycles. The number of nitrogens with two attached hydrogens (primary N) is 1. The second-order valence-electron chi connectivity index (χ2n) is 5.44. The molecule has 1 amide bonds. The lowest BCUT2D eigenvalue weighted by molar-refractivity contribution is -0.384. The van der Waals surface area contributed by atoms with Crippen molar-refractivity contribution < 1.29 is 14.8 Å². The van der Waals surface area contributed by atoms with Gasteiger partial charge in [-0.3, -0.25) is 20.0 Å². The van der Waals surface area contributed by atoms with E-state index < -0.39 is 10.8 Å². The number of rotatable bonds is 6. The van der Waals surface area contributed by atoms with Crippen molar-refractivity contribution in [3.63, 3.8) is 0 Å². The number of phenols is 1. The first-order valence-corrected chi connectivity index (χ1v) is 7.67. The molecule has 2 aromatic carbocycles.